The summed E-state index contributed by atoms with van der Waals surface area (Å²) in [6, 6.07) is 0. The van der Waals surface area contributed by atoms with E-state index in [-0.39, 0.29) is 79.2 Å². The first-order valence-electron chi connectivity index (χ1n) is 10.2. The Hall–Kier alpha value is -1.66. The van der Waals surface area contributed by atoms with Crippen LogP contribution in [0.2, 0.25) is 0 Å². The van der Waals surface area contributed by atoms with E-state index >= 15 is 0 Å². The Labute approximate surface area is 200 Å². The van der Waals surface area contributed by atoms with Gasteiger partial charge < -0.3 is 29.6 Å². The average molecular weight is 535 g/mol. The molecule has 0 heterocycles. The largest absolute Gasteiger partial charge is 0.377 e. The fourth-order valence-electron chi connectivity index (χ4n) is 1.89. The Morgan fingerprint density at radius 1 is 0.559 bits per heavy atom. The maximum absolute atomic E-state index is 11.6. The van der Waals surface area contributed by atoms with E-state index in [4.69, 9.17) is 18.9 Å². The molecule has 0 atom stereocenters. The molecule has 14 nitrogen and oxygen atoms in total. The van der Waals surface area contributed by atoms with E-state index in [9.17, 15) is 26.4 Å². The maximum Gasteiger partial charge on any atom is 0.264 e. The third-order valence-corrected chi connectivity index (χ3v) is 4.46. The molecule has 0 saturated carbocycles. The third-order valence-electron chi connectivity index (χ3n) is 3.27. The Balaban J connectivity index is 3.50. The average Bonchev–Trinajstić information content (AvgIpc) is 2.73. The van der Waals surface area contributed by atoms with Crippen LogP contribution in [0.4, 0.5) is 0 Å². The summed E-state index contributed by atoms with van der Waals surface area (Å²) in [7, 11) is -6.94. The van der Waals surface area contributed by atoms with Gasteiger partial charge in [0.2, 0.25) is 11.8 Å². The molecule has 0 aliphatic heterocycles. The molecule has 0 aromatic heterocycles. The molecule has 0 radical (unpaired) electrons. The van der Waals surface area contributed by atoms with Crippen LogP contribution in [0, 0.1) is 0 Å². The summed E-state index contributed by atoms with van der Waals surface area (Å²) in [5.41, 5.74) is 0. The molecule has 0 fully saturated rings. The lowest BCUT2D eigenvalue weighted by Crippen LogP contribution is -2.28. The van der Waals surface area contributed by atoms with Gasteiger partial charge in [0, 0.05) is 25.2 Å². The normalized spacial score (nSPS) is 12.2. The zero-order valence-corrected chi connectivity index (χ0v) is 21.0. The zero-order chi connectivity index (χ0) is 25.7. The number of hydrogen-bond acceptors (Lipinski definition) is 12. The van der Waals surface area contributed by atoms with Crippen molar-refractivity contribution in [3.63, 3.8) is 0 Å². The molecule has 0 aromatic carbocycles. The minimum atomic E-state index is -3.47. The molecular formula is C18H34N2O12S2. The zero-order valence-electron chi connectivity index (χ0n) is 19.4. The number of carbonyl (C=O) groups is 2. The van der Waals surface area contributed by atoms with Gasteiger partial charge in [-0.05, 0) is 0 Å². The lowest BCUT2D eigenvalue weighted by atomic mass is 10.4. The van der Waals surface area contributed by atoms with Crippen molar-refractivity contribution >= 4 is 32.1 Å². The number of rotatable bonds is 22. The first kappa shape index (κ1) is 32.3. The smallest absolute Gasteiger partial charge is 0.264 e. The molecule has 2 amide bonds. The number of amides is 2. The molecule has 16 heteroatoms. The molecule has 0 aliphatic rings. The summed E-state index contributed by atoms with van der Waals surface area (Å²) >= 11 is 0. The highest BCUT2D eigenvalue weighted by Gasteiger charge is 2.02. The van der Waals surface area contributed by atoms with Crippen LogP contribution in [0.15, 0.2) is 12.2 Å². The van der Waals surface area contributed by atoms with Crippen LogP contribution in [-0.2, 0) is 57.1 Å². The number of ether oxygens (including phenoxy) is 4. The molecule has 0 spiro atoms. The predicted octanol–water partition coefficient (Wildman–Crippen LogP) is -2.21. The summed E-state index contributed by atoms with van der Waals surface area (Å²) in [6.07, 6.45) is 4.09. The van der Waals surface area contributed by atoms with Gasteiger partial charge in [-0.25, -0.2) is 0 Å². The molecule has 0 aromatic rings. The number of nitrogens with one attached hydrogen (secondary N) is 2. The highest BCUT2D eigenvalue weighted by atomic mass is 32.2. The van der Waals surface area contributed by atoms with E-state index in [1.54, 1.807) is 0 Å². The molecule has 34 heavy (non-hydrogen) atoms. The minimum absolute atomic E-state index is 0.0660. The van der Waals surface area contributed by atoms with E-state index in [0.717, 1.165) is 24.7 Å². The van der Waals surface area contributed by atoms with Gasteiger partial charge in [0.05, 0.1) is 78.6 Å². The second-order valence-corrected chi connectivity index (χ2v) is 9.70. The van der Waals surface area contributed by atoms with Crippen molar-refractivity contribution in [1.29, 1.82) is 0 Å². The van der Waals surface area contributed by atoms with E-state index in [1.807, 2.05) is 0 Å². The third kappa shape index (κ3) is 26.6. The molecule has 0 bridgehead atoms. The van der Waals surface area contributed by atoms with Crippen LogP contribution in [0.5, 0.6) is 0 Å². The molecule has 0 rings (SSSR count). The summed E-state index contributed by atoms with van der Waals surface area (Å²) in [5.74, 6) is -0.914. The first-order valence-corrected chi connectivity index (χ1v) is 13.9. The Bertz CT molecular complexity index is 734. The van der Waals surface area contributed by atoms with Gasteiger partial charge in [-0.2, -0.15) is 16.8 Å². The van der Waals surface area contributed by atoms with E-state index in [2.05, 4.69) is 19.0 Å². The molecule has 2 N–H and O–H groups in total. The van der Waals surface area contributed by atoms with Crippen molar-refractivity contribution < 1.29 is 53.7 Å². The van der Waals surface area contributed by atoms with Crippen LogP contribution < -0.4 is 10.6 Å². The summed E-state index contributed by atoms with van der Waals surface area (Å²) in [4.78, 5) is 23.2. The topological polar surface area (TPSA) is 182 Å². The van der Waals surface area contributed by atoms with Gasteiger partial charge in [0.15, 0.2) is 0 Å². The summed E-state index contributed by atoms with van der Waals surface area (Å²) in [5, 5.41) is 5.08. The maximum atomic E-state index is 11.6. The van der Waals surface area contributed by atoms with Crippen LogP contribution in [0.25, 0.3) is 0 Å². The van der Waals surface area contributed by atoms with Crippen LogP contribution in [0.3, 0.4) is 0 Å². The van der Waals surface area contributed by atoms with Gasteiger partial charge >= 0.3 is 0 Å². The van der Waals surface area contributed by atoms with Crippen LogP contribution >= 0.6 is 0 Å². The van der Waals surface area contributed by atoms with Crippen molar-refractivity contribution in [3.8, 4) is 0 Å². The Kier molecular flexibility index (Phi) is 18.7. The monoisotopic (exact) mass is 534 g/mol. The SMILES string of the molecule is CS(=O)(=O)OCCOCCOCCNC(=O)/C=C\C(=O)NCCOCCOCCOS(C)(=O)=O. The van der Waals surface area contributed by atoms with E-state index in [0.29, 0.717) is 0 Å². The standard InChI is InChI=1S/C18H34N2O12S2/c1-33(23,24)31-15-13-29-11-9-27-7-5-19-17(21)3-4-18(22)20-6-8-28-10-12-30-14-16-32-34(2,25)26/h3-4H,5-16H2,1-2H3,(H,19,21)(H,20,22)/b4-3-. The van der Waals surface area contributed by atoms with Crippen molar-refractivity contribution in [2.75, 3.05) is 91.7 Å². The van der Waals surface area contributed by atoms with E-state index < -0.39 is 32.1 Å². The van der Waals surface area contributed by atoms with Crippen LogP contribution in [0.1, 0.15) is 0 Å². The first-order chi connectivity index (χ1) is 16.0. The van der Waals surface area contributed by atoms with Gasteiger partial charge in [0.25, 0.3) is 20.2 Å². The van der Waals surface area contributed by atoms with Crippen molar-refractivity contribution in [1.82, 2.24) is 10.6 Å². The number of hydrogen-bond donors (Lipinski definition) is 2. The van der Waals surface area contributed by atoms with Crippen LogP contribution in [-0.4, -0.2) is 120 Å². The fourth-order valence-corrected chi connectivity index (χ4v) is 2.64. The lowest BCUT2D eigenvalue weighted by molar-refractivity contribution is -0.119. The van der Waals surface area contributed by atoms with Gasteiger partial charge in [-0.3, -0.25) is 18.0 Å². The molecule has 200 valence electrons. The lowest BCUT2D eigenvalue weighted by Gasteiger charge is -2.07. The quantitative estimate of drug-likeness (QED) is 0.0869. The highest BCUT2D eigenvalue weighted by molar-refractivity contribution is 7.86. The number of carbonyl (C=O) groups excluding carboxylic acids is 2. The molecule has 0 saturated heterocycles. The molecule has 0 aliphatic carbocycles. The van der Waals surface area contributed by atoms with Crippen molar-refractivity contribution in [2.45, 2.75) is 0 Å². The van der Waals surface area contributed by atoms with Crippen molar-refractivity contribution in [2.24, 2.45) is 0 Å². The fraction of sp³-hybridized carbons (Fsp3) is 0.778. The second kappa shape index (κ2) is 19.6. The van der Waals surface area contributed by atoms with Gasteiger partial charge in [-0.1, -0.05) is 0 Å². The molecular weight excluding hydrogens is 500 g/mol. The molecule has 0 unspecified atom stereocenters. The highest BCUT2D eigenvalue weighted by Crippen LogP contribution is 1.88. The second-order valence-electron chi connectivity index (χ2n) is 6.42. The predicted molar refractivity (Wildman–Crippen MR) is 120 cm³/mol. The van der Waals surface area contributed by atoms with Gasteiger partial charge in [0.1, 0.15) is 0 Å². The Morgan fingerprint density at radius 3 is 1.18 bits per heavy atom. The summed E-state index contributed by atoms with van der Waals surface area (Å²) < 4.78 is 72.6. The van der Waals surface area contributed by atoms with E-state index in [1.165, 1.54) is 0 Å². The Morgan fingerprint density at radius 2 is 0.853 bits per heavy atom. The minimum Gasteiger partial charge on any atom is -0.377 e. The van der Waals surface area contributed by atoms with Crippen molar-refractivity contribution in [3.05, 3.63) is 12.2 Å². The summed E-state index contributed by atoms with van der Waals surface area (Å²) in [6.45, 7) is 2.07. The van der Waals surface area contributed by atoms with Gasteiger partial charge in [-0.15, -0.1) is 0 Å².